The fourth-order valence-corrected chi connectivity index (χ4v) is 2.01. The third-order valence-corrected chi connectivity index (χ3v) is 3.24. The lowest BCUT2D eigenvalue weighted by Crippen LogP contribution is -2.44. The van der Waals surface area contributed by atoms with Gasteiger partial charge in [0.1, 0.15) is 0 Å². The SMILES string of the molecule is CCC1(CI)CCO1. The molecule has 1 atom stereocenters. The highest BCUT2D eigenvalue weighted by atomic mass is 127. The van der Waals surface area contributed by atoms with Crippen LogP contribution in [0.4, 0.5) is 0 Å². The van der Waals surface area contributed by atoms with E-state index in [0.717, 1.165) is 11.0 Å². The van der Waals surface area contributed by atoms with Gasteiger partial charge in [0.15, 0.2) is 0 Å². The Kier molecular flexibility index (Phi) is 2.14. The van der Waals surface area contributed by atoms with Crippen LogP contribution in [0.1, 0.15) is 19.8 Å². The van der Waals surface area contributed by atoms with Crippen LogP contribution in [0, 0.1) is 0 Å². The molecule has 0 aliphatic carbocycles. The molecule has 48 valence electrons. The van der Waals surface area contributed by atoms with E-state index in [1.807, 2.05) is 0 Å². The summed E-state index contributed by atoms with van der Waals surface area (Å²) in [5.74, 6) is 0. The second-order valence-electron chi connectivity index (χ2n) is 2.27. The molecule has 0 N–H and O–H groups in total. The number of rotatable bonds is 2. The van der Waals surface area contributed by atoms with Gasteiger partial charge in [-0.15, -0.1) is 0 Å². The summed E-state index contributed by atoms with van der Waals surface area (Å²) < 4.78 is 6.56. The quantitative estimate of drug-likeness (QED) is 0.516. The Morgan fingerprint density at radius 1 is 1.75 bits per heavy atom. The minimum Gasteiger partial charge on any atom is -0.374 e. The lowest BCUT2D eigenvalue weighted by Gasteiger charge is -2.39. The Morgan fingerprint density at radius 3 is 2.38 bits per heavy atom. The van der Waals surface area contributed by atoms with Gasteiger partial charge in [-0.05, 0) is 6.42 Å². The predicted octanol–water partition coefficient (Wildman–Crippen LogP) is 1.99. The van der Waals surface area contributed by atoms with E-state index in [-0.39, 0.29) is 0 Å². The lowest BCUT2D eigenvalue weighted by atomic mass is 9.95. The van der Waals surface area contributed by atoms with Crippen LogP contribution in [0.25, 0.3) is 0 Å². The monoisotopic (exact) mass is 226 g/mol. The van der Waals surface area contributed by atoms with Crippen molar-refractivity contribution in [2.75, 3.05) is 11.0 Å². The van der Waals surface area contributed by atoms with Crippen molar-refractivity contribution in [2.45, 2.75) is 25.4 Å². The van der Waals surface area contributed by atoms with E-state index in [1.165, 1.54) is 12.8 Å². The highest BCUT2D eigenvalue weighted by Crippen LogP contribution is 2.31. The number of halogens is 1. The van der Waals surface area contributed by atoms with Crippen molar-refractivity contribution in [3.63, 3.8) is 0 Å². The van der Waals surface area contributed by atoms with Gasteiger partial charge in [0, 0.05) is 10.8 Å². The molecular weight excluding hydrogens is 215 g/mol. The van der Waals surface area contributed by atoms with Crippen molar-refractivity contribution in [1.29, 1.82) is 0 Å². The normalized spacial score (nSPS) is 36.8. The van der Waals surface area contributed by atoms with E-state index in [1.54, 1.807) is 0 Å². The fourth-order valence-electron chi connectivity index (χ4n) is 0.869. The van der Waals surface area contributed by atoms with Gasteiger partial charge in [-0.3, -0.25) is 0 Å². The third kappa shape index (κ3) is 1.00. The molecule has 0 spiro atoms. The molecule has 1 aliphatic rings. The Labute approximate surface area is 63.9 Å². The van der Waals surface area contributed by atoms with Crippen molar-refractivity contribution >= 4 is 22.6 Å². The Morgan fingerprint density at radius 2 is 2.38 bits per heavy atom. The highest BCUT2D eigenvalue weighted by molar-refractivity contribution is 14.1. The molecule has 2 heteroatoms. The van der Waals surface area contributed by atoms with Crippen molar-refractivity contribution in [3.05, 3.63) is 0 Å². The average Bonchev–Trinajstić information content (AvgIpc) is 1.67. The molecule has 1 unspecified atom stereocenters. The van der Waals surface area contributed by atoms with Crippen molar-refractivity contribution in [3.8, 4) is 0 Å². The third-order valence-electron chi connectivity index (χ3n) is 1.85. The topological polar surface area (TPSA) is 9.23 Å². The molecule has 1 rings (SSSR count). The smallest absolute Gasteiger partial charge is 0.0790 e. The van der Waals surface area contributed by atoms with Gasteiger partial charge < -0.3 is 4.74 Å². The van der Waals surface area contributed by atoms with Crippen molar-refractivity contribution in [1.82, 2.24) is 0 Å². The molecule has 0 aromatic carbocycles. The molecule has 0 aromatic rings. The maximum Gasteiger partial charge on any atom is 0.0790 e. The summed E-state index contributed by atoms with van der Waals surface area (Å²) in [4.78, 5) is 0. The summed E-state index contributed by atoms with van der Waals surface area (Å²) in [6.07, 6.45) is 2.45. The first-order valence-electron chi connectivity index (χ1n) is 3.03. The van der Waals surface area contributed by atoms with E-state index in [2.05, 4.69) is 29.5 Å². The zero-order valence-electron chi connectivity index (χ0n) is 5.11. The lowest BCUT2D eigenvalue weighted by molar-refractivity contribution is -0.129. The molecule has 0 bridgehead atoms. The van der Waals surface area contributed by atoms with Crippen LogP contribution in [0.15, 0.2) is 0 Å². The zero-order chi connectivity index (χ0) is 6.04. The van der Waals surface area contributed by atoms with Crippen LogP contribution in [0.5, 0.6) is 0 Å². The number of alkyl halides is 1. The van der Waals surface area contributed by atoms with Crippen LogP contribution in [0.3, 0.4) is 0 Å². The van der Waals surface area contributed by atoms with E-state index < -0.39 is 0 Å². The zero-order valence-corrected chi connectivity index (χ0v) is 7.27. The van der Waals surface area contributed by atoms with E-state index in [9.17, 15) is 0 Å². The van der Waals surface area contributed by atoms with Crippen LogP contribution in [-0.4, -0.2) is 16.6 Å². The van der Waals surface area contributed by atoms with Crippen molar-refractivity contribution in [2.24, 2.45) is 0 Å². The van der Waals surface area contributed by atoms with Gasteiger partial charge >= 0.3 is 0 Å². The molecule has 0 radical (unpaired) electrons. The van der Waals surface area contributed by atoms with Gasteiger partial charge in [-0.1, -0.05) is 29.5 Å². The standard InChI is InChI=1S/C6H11IO/c1-2-6(5-7)3-4-8-6/h2-5H2,1H3. The van der Waals surface area contributed by atoms with Crippen molar-refractivity contribution < 1.29 is 4.74 Å². The van der Waals surface area contributed by atoms with Gasteiger partial charge in [-0.25, -0.2) is 0 Å². The van der Waals surface area contributed by atoms with Crippen LogP contribution in [0.2, 0.25) is 0 Å². The van der Waals surface area contributed by atoms with Gasteiger partial charge in [0.05, 0.1) is 12.2 Å². The van der Waals surface area contributed by atoms with Crippen LogP contribution >= 0.6 is 22.6 Å². The summed E-state index contributed by atoms with van der Waals surface area (Å²) in [7, 11) is 0. The van der Waals surface area contributed by atoms with E-state index in [0.29, 0.717) is 5.60 Å². The highest BCUT2D eigenvalue weighted by Gasteiger charge is 2.34. The summed E-state index contributed by atoms with van der Waals surface area (Å²) >= 11 is 2.39. The molecule has 0 aromatic heterocycles. The first kappa shape index (κ1) is 6.81. The van der Waals surface area contributed by atoms with E-state index >= 15 is 0 Å². The molecule has 8 heavy (non-hydrogen) atoms. The Hall–Kier alpha value is 0.690. The summed E-state index contributed by atoms with van der Waals surface area (Å²) in [6, 6.07) is 0. The van der Waals surface area contributed by atoms with Gasteiger partial charge in [0.2, 0.25) is 0 Å². The van der Waals surface area contributed by atoms with Crippen LogP contribution in [-0.2, 0) is 4.74 Å². The maximum atomic E-state index is 5.41. The van der Waals surface area contributed by atoms with Crippen LogP contribution < -0.4 is 0 Å². The largest absolute Gasteiger partial charge is 0.374 e. The molecule has 1 saturated heterocycles. The average molecular weight is 226 g/mol. The molecule has 0 saturated carbocycles. The Bertz CT molecular complexity index is 65.1. The Balaban J connectivity index is 2.33. The molecule has 1 fully saturated rings. The summed E-state index contributed by atoms with van der Waals surface area (Å²) in [5.41, 5.74) is 0.292. The molecular formula is C6H11IO. The first-order chi connectivity index (χ1) is 3.83. The minimum absolute atomic E-state index is 0.292. The number of hydrogen-bond donors (Lipinski definition) is 0. The number of ether oxygens (including phenoxy) is 1. The van der Waals surface area contributed by atoms with Gasteiger partial charge in [0.25, 0.3) is 0 Å². The summed E-state index contributed by atoms with van der Waals surface area (Å²) in [5, 5.41) is 0. The molecule has 1 nitrogen and oxygen atoms in total. The fraction of sp³-hybridized carbons (Fsp3) is 1.00. The molecule has 1 heterocycles. The second-order valence-corrected chi connectivity index (χ2v) is 3.03. The minimum atomic E-state index is 0.292. The van der Waals surface area contributed by atoms with E-state index in [4.69, 9.17) is 4.74 Å². The first-order valence-corrected chi connectivity index (χ1v) is 4.55. The maximum absolute atomic E-state index is 5.41. The number of hydrogen-bond acceptors (Lipinski definition) is 1. The summed E-state index contributed by atoms with van der Waals surface area (Å²) in [6.45, 7) is 3.18. The second kappa shape index (κ2) is 2.52. The predicted molar refractivity (Wildman–Crippen MR) is 42.5 cm³/mol. The molecule has 0 amide bonds. The van der Waals surface area contributed by atoms with Gasteiger partial charge in [-0.2, -0.15) is 0 Å². The molecule has 1 aliphatic heterocycles.